The molecule has 0 saturated heterocycles. The van der Waals surface area contributed by atoms with Gasteiger partial charge in [0.05, 0.1) is 5.92 Å². The number of benzene rings is 1. The van der Waals surface area contributed by atoms with Gasteiger partial charge in [-0.2, -0.15) is 0 Å². The molecule has 0 aliphatic rings. The summed E-state index contributed by atoms with van der Waals surface area (Å²) in [5, 5.41) is 9.14. The third kappa shape index (κ3) is 3.97. The largest absolute Gasteiger partial charge is 0.481 e. The van der Waals surface area contributed by atoms with Crippen molar-refractivity contribution in [3.05, 3.63) is 34.3 Å². The van der Waals surface area contributed by atoms with E-state index < -0.39 is 5.97 Å². The van der Waals surface area contributed by atoms with Crippen molar-refractivity contribution in [3.63, 3.8) is 0 Å². The third-order valence-electron chi connectivity index (χ3n) is 2.68. The Hall–Kier alpha value is -0.830. The van der Waals surface area contributed by atoms with Crippen LogP contribution in [0.2, 0.25) is 0 Å². The fourth-order valence-electron chi connectivity index (χ4n) is 1.69. The minimum Gasteiger partial charge on any atom is -0.481 e. The summed E-state index contributed by atoms with van der Waals surface area (Å²) in [6.45, 7) is 2.08. The van der Waals surface area contributed by atoms with Crippen LogP contribution in [0.1, 0.15) is 31.7 Å². The molecule has 0 aliphatic heterocycles. The second kappa shape index (κ2) is 6.69. The molecule has 0 heterocycles. The molecule has 1 atom stereocenters. The lowest BCUT2D eigenvalue weighted by Gasteiger charge is -2.12. The van der Waals surface area contributed by atoms with Crippen LogP contribution in [0.3, 0.4) is 0 Å². The Balaban J connectivity index is 2.68. The highest BCUT2D eigenvalue weighted by Gasteiger charge is 2.18. The SMILES string of the molecule is CCCCC(Cc1ccccc1Br)C(=O)O. The molecule has 0 amide bonds. The van der Waals surface area contributed by atoms with Crippen LogP contribution in [0.25, 0.3) is 0 Å². The van der Waals surface area contributed by atoms with Gasteiger partial charge in [-0.1, -0.05) is 53.9 Å². The van der Waals surface area contributed by atoms with Gasteiger partial charge in [-0.3, -0.25) is 4.79 Å². The highest BCUT2D eigenvalue weighted by Crippen LogP contribution is 2.22. The molecule has 3 heteroatoms. The van der Waals surface area contributed by atoms with E-state index in [1.807, 2.05) is 24.3 Å². The predicted octanol–water partition coefficient (Wildman–Crippen LogP) is 3.88. The van der Waals surface area contributed by atoms with Crippen LogP contribution in [0, 0.1) is 5.92 Å². The van der Waals surface area contributed by atoms with Crippen molar-refractivity contribution >= 4 is 21.9 Å². The van der Waals surface area contributed by atoms with E-state index in [1.54, 1.807) is 0 Å². The summed E-state index contributed by atoms with van der Waals surface area (Å²) in [7, 11) is 0. The zero-order valence-electron chi connectivity index (χ0n) is 9.45. The Morgan fingerprint density at radius 1 is 1.44 bits per heavy atom. The van der Waals surface area contributed by atoms with Crippen LogP contribution < -0.4 is 0 Å². The number of carboxylic acids is 1. The number of hydrogen-bond acceptors (Lipinski definition) is 1. The molecular weight excluding hydrogens is 268 g/mol. The molecule has 1 unspecified atom stereocenters. The van der Waals surface area contributed by atoms with Crippen molar-refractivity contribution in [2.75, 3.05) is 0 Å². The molecule has 0 saturated carbocycles. The first-order valence-electron chi connectivity index (χ1n) is 5.61. The van der Waals surface area contributed by atoms with E-state index in [4.69, 9.17) is 5.11 Å². The number of halogens is 1. The summed E-state index contributed by atoms with van der Waals surface area (Å²) < 4.78 is 0.998. The van der Waals surface area contributed by atoms with E-state index in [1.165, 1.54) is 0 Å². The van der Waals surface area contributed by atoms with Gasteiger partial charge in [0.1, 0.15) is 0 Å². The first kappa shape index (κ1) is 13.2. The summed E-state index contributed by atoms with van der Waals surface area (Å²) in [6, 6.07) is 7.81. The highest BCUT2D eigenvalue weighted by atomic mass is 79.9. The number of aliphatic carboxylic acids is 1. The molecule has 88 valence electrons. The number of rotatable bonds is 6. The maximum atomic E-state index is 11.1. The van der Waals surface area contributed by atoms with Gasteiger partial charge in [0.2, 0.25) is 0 Å². The smallest absolute Gasteiger partial charge is 0.306 e. The van der Waals surface area contributed by atoms with E-state index in [2.05, 4.69) is 22.9 Å². The minimum absolute atomic E-state index is 0.265. The van der Waals surface area contributed by atoms with Gasteiger partial charge in [-0.05, 0) is 24.5 Å². The highest BCUT2D eigenvalue weighted by molar-refractivity contribution is 9.10. The van der Waals surface area contributed by atoms with Crippen LogP contribution in [0.15, 0.2) is 28.7 Å². The lowest BCUT2D eigenvalue weighted by Crippen LogP contribution is -2.16. The van der Waals surface area contributed by atoms with Crippen LogP contribution >= 0.6 is 15.9 Å². The minimum atomic E-state index is -0.691. The summed E-state index contributed by atoms with van der Waals surface area (Å²) in [6.07, 6.45) is 3.38. The molecule has 1 rings (SSSR count). The van der Waals surface area contributed by atoms with Gasteiger partial charge in [-0.15, -0.1) is 0 Å². The van der Waals surface area contributed by atoms with Crippen molar-refractivity contribution < 1.29 is 9.90 Å². The number of hydrogen-bond donors (Lipinski definition) is 1. The summed E-state index contributed by atoms with van der Waals surface area (Å²) >= 11 is 3.45. The van der Waals surface area contributed by atoms with E-state index in [0.29, 0.717) is 6.42 Å². The first-order valence-corrected chi connectivity index (χ1v) is 6.40. The zero-order chi connectivity index (χ0) is 12.0. The summed E-state index contributed by atoms with van der Waals surface area (Å²) in [5.74, 6) is -0.956. The molecule has 0 spiro atoms. The van der Waals surface area contributed by atoms with Crippen molar-refractivity contribution in [1.82, 2.24) is 0 Å². The van der Waals surface area contributed by atoms with E-state index in [-0.39, 0.29) is 5.92 Å². The van der Waals surface area contributed by atoms with Crippen molar-refractivity contribution in [3.8, 4) is 0 Å². The van der Waals surface area contributed by atoms with Gasteiger partial charge in [0.25, 0.3) is 0 Å². The molecule has 1 N–H and O–H groups in total. The molecule has 0 bridgehead atoms. The van der Waals surface area contributed by atoms with Gasteiger partial charge in [-0.25, -0.2) is 0 Å². The molecule has 1 aromatic carbocycles. The van der Waals surface area contributed by atoms with Gasteiger partial charge >= 0.3 is 5.97 Å². The number of carboxylic acid groups (broad SMARTS) is 1. The zero-order valence-corrected chi connectivity index (χ0v) is 11.0. The monoisotopic (exact) mass is 284 g/mol. The van der Waals surface area contributed by atoms with Crippen molar-refractivity contribution in [1.29, 1.82) is 0 Å². The van der Waals surface area contributed by atoms with Crippen molar-refractivity contribution in [2.45, 2.75) is 32.6 Å². The molecular formula is C13H17BrO2. The standard InChI is InChI=1S/C13H17BrO2/c1-2-3-6-11(13(15)16)9-10-7-4-5-8-12(10)14/h4-5,7-8,11H,2-3,6,9H2,1H3,(H,15,16). The van der Waals surface area contributed by atoms with Crippen molar-refractivity contribution in [2.24, 2.45) is 5.92 Å². The second-order valence-corrected chi connectivity index (χ2v) is 4.83. The van der Waals surface area contributed by atoms with Gasteiger partial charge < -0.3 is 5.11 Å². The first-order chi connectivity index (χ1) is 7.65. The molecule has 0 fully saturated rings. The maximum absolute atomic E-state index is 11.1. The van der Waals surface area contributed by atoms with Crippen LogP contribution in [0.4, 0.5) is 0 Å². The Morgan fingerprint density at radius 3 is 2.69 bits per heavy atom. The number of unbranched alkanes of at least 4 members (excludes halogenated alkanes) is 1. The summed E-state index contributed by atoms with van der Waals surface area (Å²) in [4.78, 5) is 11.1. The average molecular weight is 285 g/mol. The lowest BCUT2D eigenvalue weighted by atomic mass is 9.94. The molecule has 1 aromatic rings. The quantitative estimate of drug-likeness (QED) is 0.861. The van der Waals surface area contributed by atoms with Crippen LogP contribution in [-0.4, -0.2) is 11.1 Å². The normalized spacial score (nSPS) is 12.4. The maximum Gasteiger partial charge on any atom is 0.306 e. The van der Waals surface area contributed by atoms with Gasteiger partial charge in [0, 0.05) is 4.47 Å². The fourth-order valence-corrected chi connectivity index (χ4v) is 2.14. The average Bonchev–Trinajstić information content (AvgIpc) is 2.26. The molecule has 2 nitrogen and oxygen atoms in total. The van der Waals surface area contributed by atoms with E-state index in [9.17, 15) is 4.79 Å². The lowest BCUT2D eigenvalue weighted by molar-refractivity contribution is -0.142. The summed E-state index contributed by atoms with van der Waals surface area (Å²) in [5.41, 5.74) is 1.08. The molecule has 16 heavy (non-hydrogen) atoms. The topological polar surface area (TPSA) is 37.3 Å². The van der Waals surface area contributed by atoms with E-state index in [0.717, 1.165) is 29.3 Å². The van der Waals surface area contributed by atoms with Crippen LogP contribution in [0.5, 0.6) is 0 Å². The Labute approximate surface area is 105 Å². The van der Waals surface area contributed by atoms with E-state index >= 15 is 0 Å². The molecule has 0 aliphatic carbocycles. The third-order valence-corrected chi connectivity index (χ3v) is 3.45. The van der Waals surface area contributed by atoms with Gasteiger partial charge in [0.15, 0.2) is 0 Å². The Kier molecular flexibility index (Phi) is 5.53. The molecule has 0 aromatic heterocycles. The Morgan fingerprint density at radius 2 is 2.12 bits per heavy atom. The second-order valence-electron chi connectivity index (χ2n) is 3.97. The fraction of sp³-hybridized carbons (Fsp3) is 0.462. The Bertz CT molecular complexity index is 350. The van der Waals surface area contributed by atoms with Crippen LogP contribution in [-0.2, 0) is 11.2 Å². The predicted molar refractivity (Wildman–Crippen MR) is 68.5 cm³/mol. The number of carbonyl (C=O) groups is 1. The molecule has 0 radical (unpaired) electrons.